The van der Waals surface area contributed by atoms with E-state index in [1.807, 2.05) is 0 Å². The molecule has 0 radical (unpaired) electrons. The van der Waals surface area contributed by atoms with Gasteiger partial charge in [0.15, 0.2) is 0 Å². The van der Waals surface area contributed by atoms with Crippen LogP contribution in [0.4, 0.5) is 18.0 Å². The van der Waals surface area contributed by atoms with E-state index in [9.17, 15) is 27.6 Å². The third-order valence-electron chi connectivity index (χ3n) is 4.94. The molecule has 1 aromatic carbocycles. The first-order valence-corrected chi connectivity index (χ1v) is 10.1. The van der Waals surface area contributed by atoms with Crippen molar-refractivity contribution in [1.29, 1.82) is 0 Å². The van der Waals surface area contributed by atoms with Gasteiger partial charge in [-0.2, -0.15) is 18.2 Å². The molecule has 0 bridgehead atoms. The number of carbonyl (C=O) groups is 3. The van der Waals surface area contributed by atoms with Crippen LogP contribution in [0.25, 0.3) is 5.78 Å². The molecule has 1 atom stereocenters. The lowest BCUT2D eigenvalue weighted by Gasteiger charge is -2.18. The fourth-order valence-corrected chi connectivity index (χ4v) is 3.25. The maximum Gasteiger partial charge on any atom is 0.453 e. The number of halogens is 3. The Kier molecular flexibility index (Phi) is 7.13. The first kappa shape index (κ1) is 24.6. The molecule has 0 aliphatic carbocycles. The Balaban J connectivity index is 1.78. The summed E-state index contributed by atoms with van der Waals surface area (Å²) in [5, 5.41) is 7.78. The number of ether oxygens (including phenoxy) is 1. The smallest absolute Gasteiger partial charge is 0.447 e. The third-order valence-corrected chi connectivity index (χ3v) is 4.94. The highest BCUT2D eigenvalue weighted by atomic mass is 19.4. The predicted molar refractivity (Wildman–Crippen MR) is 111 cm³/mol. The average molecular weight is 478 g/mol. The lowest BCUT2D eigenvalue weighted by Crippen LogP contribution is -2.41. The number of hydrogen-bond acceptors (Lipinski definition) is 7. The van der Waals surface area contributed by atoms with E-state index in [2.05, 4.69) is 25.7 Å². The molecule has 10 nitrogen and oxygen atoms in total. The fraction of sp³-hybridized carbons (Fsp3) is 0.333. The number of alkyl halides is 3. The number of aryl methyl sites for hydroxylation is 2. The molecule has 3 rings (SSSR count). The van der Waals surface area contributed by atoms with E-state index in [-0.39, 0.29) is 18.6 Å². The van der Waals surface area contributed by atoms with Gasteiger partial charge in [-0.3, -0.25) is 14.9 Å². The molecule has 2 aromatic heterocycles. The van der Waals surface area contributed by atoms with E-state index in [4.69, 9.17) is 4.74 Å². The Morgan fingerprint density at radius 3 is 2.41 bits per heavy atom. The second kappa shape index (κ2) is 9.85. The van der Waals surface area contributed by atoms with Crippen LogP contribution < -0.4 is 10.6 Å². The Hall–Kier alpha value is -4.03. The van der Waals surface area contributed by atoms with Gasteiger partial charge in [0, 0.05) is 30.4 Å². The van der Waals surface area contributed by atoms with Crippen molar-refractivity contribution in [3.05, 3.63) is 58.7 Å². The van der Waals surface area contributed by atoms with Gasteiger partial charge in [-0.05, 0) is 25.8 Å². The number of amides is 3. The van der Waals surface area contributed by atoms with Crippen LogP contribution in [0.1, 0.15) is 40.9 Å². The molecule has 0 spiro atoms. The third kappa shape index (κ3) is 5.47. The van der Waals surface area contributed by atoms with Gasteiger partial charge in [-0.15, -0.1) is 5.10 Å². The minimum Gasteiger partial charge on any atom is -0.447 e. The Labute approximate surface area is 191 Å². The van der Waals surface area contributed by atoms with Crippen LogP contribution >= 0.6 is 0 Å². The standard InChI is InChI=1S/C21H21F3N6O4/c1-11-14(12(2)30-19(26-11)28-18(29-30)21(22,23)24)9-10-15(31)34-16(13-7-5-4-6-8-13)17(32)27-20(33)25-3/h4-8,16H,9-10H2,1-3H3,(H2,25,27,32,33). The quantitative estimate of drug-likeness (QED) is 0.521. The molecule has 2 N–H and O–H groups in total. The van der Waals surface area contributed by atoms with Gasteiger partial charge >= 0.3 is 18.2 Å². The van der Waals surface area contributed by atoms with E-state index in [1.54, 1.807) is 44.2 Å². The Morgan fingerprint density at radius 1 is 1.12 bits per heavy atom. The first-order chi connectivity index (χ1) is 16.0. The number of aromatic nitrogens is 4. The zero-order valence-electron chi connectivity index (χ0n) is 18.4. The summed E-state index contributed by atoms with van der Waals surface area (Å²) in [4.78, 5) is 44.1. The Bertz CT molecular complexity index is 1230. The topological polar surface area (TPSA) is 128 Å². The SMILES string of the molecule is CNC(=O)NC(=O)C(OC(=O)CCc1c(C)nc2nc(C(F)(F)F)nn2c1C)c1ccccc1. The summed E-state index contributed by atoms with van der Waals surface area (Å²) in [7, 11) is 1.33. The molecule has 0 saturated heterocycles. The van der Waals surface area contributed by atoms with Crippen molar-refractivity contribution >= 4 is 23.7 Å². The van der Waals surface area contributed by atoms with E-state index in [1.165, 1.54) is 7.05 Å². The number of hydrogen-bond donors (Lipinski definition) is 2. The van der Waals surface area contributed by atoms with Crippen molar-refractivity contribution in [2.45, 2.75) is 39.0 Å². The molecule has 13 heteroatoms. The van der Waals surface area contributed by atoms with Gasteiger partial charge in [-0.1, -0.05) is 30.3 Å². The van der Waals surface area contributed by atoms with Crippen LogP contribution in [-0.4, -0.2) is 44.5 Å². The normalized spacial score (nSPS) is 12.3. The second-order valence-corrected chi connectivity index (χ2v) is 7.26. The first-order valence-electron chi connectivity index (χ1n) is 10.1. The van der Waals surface area contributed by atoms with Crippen molar-refractivity contribution < 1.29 is 32.3 Å². The summed E-state index contributed by atoms with van der Waals surface area (Å²) < 4.78 is 45.2. The highest BCUT2D eigenvalue weighted by Gasteiger charge is 2.37. The highest BCUT2D eigenvalue weighted by molar-refractivity contribution is 5.97. The van der Waals surface area contributed by atoms with Crippen LogP contribution in [0.2, 0.25) is 0 Å². The molecule has 2 heterocycles. The van der Waals surface area contributed by atoms with E-state index in [0.717, 1.165) is 4.52 Å². The molecule has 3 aromatic rings. The average Bonchev–Trinajstić information content (AvgIpc) is 3.22. The van der Waals surface area contributed by atoms with E-state index in [0.29, 0.717) is 22.5 Å². The highest BCUT2D eigenvalue weighted by Crippen LogP contribution is 2.27. The van der Waals surface area contributed by atoms with Gasteiger partial charge < -0.3 is 10.1 Å². The van der Waals surface area contributed by atoms with Crippen molar-refractivity contribution in [1.82, 2.24) is 30.2 Å². The predicted octanol–water partition coefficient (Wildman–Crippen LogP) is 2.43. The van der Waals surface area contributed by atoms with Gasteiger partial charge in [-0.25, -0.2) is 14.3 Å². The minimum atomic E-state index is -4.72. The van der Waals surface area contributed by atoms with Crippen molar-refractivity contribution in [2.24, 2.45) is 0 Å². The number of nitrogens with one attached hydrogen (secondary N) is 2. The molecule has 0 aliphatic heterocycles. The molecule has 0 saturated carbocycles. The van der Waals surface area contributed by atoms with Crippen LogP contribution in [0.3, 0.4) is 0 Å². The number of carbonyl (C=O) groups excluding carboxylic acids is 3. The van der Waals surface area contributed by atoms with Crippen LogP contribution in [-0.2, 0) is 26.9 Å². The molecule has 0 aliphatic rings. The largest absolute Gasteiger partial charge is 0.453 e. The van der Waals surface area contributed by atoms with Crippen LogP contribution in [0, 0.1) is 13.8 Å². The van der Waals surface area contributed by atoms with Crippen molar-refractivity contribution in [3.63, 3.8) is 0 Å². The van der Waals surface area contributed by atoms with Crippen molar-refractivity contribution in [2.75, 3.05) is 7.05 Å². The molecule has 34 heavy (non-hydrogen) atoms. The van der Waals surface area contributed by atoms with Gasteiger partial charge in [0.1, 0.15) is 0 Å². The van der Waals surface area contributed by atoms with Gasteiger partial charge in [0.2, 0.25) is 6.10 Å². The van der Waals surface area contributed by atoms with Crippen molar-refractivity contribution in [3.8, 4) is 0 Å². The number of benzene rings is 1. The molecular formula is C21H21F3N6O4. The summed E-state index contributed by atoms with van der Waals surface area (Å²) in [6, 6.07) is 7.36. The van der Waals surface area contributed by atoms with E-state index >= 15 is 0 Å². The second-order valence-electron chi connectivity index (χ2n) is 7.26. The van der Waals surface area contributed by atoms with Gasteiger partial charge in [0.25, 0.3) is 17.5 Å². The van der Waals surface area contributed by atoms with Crippen LogP contribution in [0.5, 0.6) is 0 Å². The maximum absolute atomic E-state index is 13.0. The monoisotopic (exact) mass is 478 g/mol. The van der Waals surface area contributed by atoms with Gasteiger partial charge in [0.05, 0.1) is 0 Å². The summed E-state index contributed by atoms with van der Waals surface area (Å²) in [6.07, 6.45) is -6.23. The molecular weight excluding hydrogens is 457 g/mol. The molecule has 180 valence electrons. The fourth-order valence-electron chi connectivity index (χ4n) is 3.25. The summed E-state index contributed by atoms with van der Waals surface area (Å²) in [5.74, 6) is -3.11. The number of fused-ring (bicyclic) bond motifs is 1. The maximum atomic E-state index is 13.0. The zero-order chi connectivity index (χ0) is 25.0. The number of imide groups is 1. The number of rotatable bonds is 6. The zero-order valence-corrected chi connectivity index (χ0v) is 18.4. The van der Waals surface area contributed by atoms with Crippen LogP contribution in [0.15, 0.2) is 30.3 Å². The summed E-state index contributed by atoms with van der Waals surface area (Å²) in [6.45, 7) is 3.12. The number of esters is 1. The minimum absolute atomic E-state index is 0.0687. The molecule has 1 unspecified atom stereocenters. The lowest BCUT2D eigenvalue weighted by atomic mass is 10.1. The molecule has 0 fully saturated rings. The lowest BCUT2D eigenvalue weighted by molar-refractivity contribution is -0.156. The Morgan fingerprint density at radius 2 is 1.79 bits per heavy atom. The molecule has 3 amide bonds. The number of nitrogens with zero attached hydrogens (tertiary/aromatic N) is 4. The summed E-state index contributed by atoms with van der Waals surface area (Å²) in [5.41, 5.74) is 1.58. The summed E-state index contributed by atoms with van der Waals surface area (Å²) >= 11 is 0. The number of urea groups is 1. The van der Waals surface area contributed by atoms with E-state index < -0.39 is 36.0 Å².